The molecule has 2 unspecified atom stereocenters. The van der Waals surface area contributed by atoms with Crippen molar-refractivity contribution in [1.29, 1.82) is 5.26 Å². The van der Waals surface area contributed by atoms with Gasteiger partial charge in [-0.25, -0.2) is 0 Å². The standard InChI is InChI=1S/C24H29NO12/c1-12(26)31-11-20-21(33-14(3)28)22(34-15(4)29)23(35-16(5)30)24(37-20)36-19-10-18(32-13(2)27)7-6-17(19)8-9-25/h6-8,18-24H,10-11H2,1-5H3/b17-8-/t18?,19?,20-,21-,22+,23-,24-/m1/s1. The zero-order valence-electron chi connectivity index (χ0n) is 21.0. The first-order chi connectivity index (χ1) is 17.4. The van der Waals surface area contributed by atoms with Crippen LogP contribution in [0.15, 0.2) is 23.8 Å². The maximum atomic E-state index is 12.0. The van der Waals surface area contributed by atoms with Crippen molar-refractivity contribution in [2.75, 3.05) is 6.61 Å². The van der Waals surface area contributed by atoms with Crippen LogP contribution < -0.4 is 0 Å². The van der Waals surface area contributed by atoms with Crippen LogP contribution >= 0.6 is 0 Å². The zero-order chi connectivity index (χ0) is 27.7. The van der Waals surface area contributed by atoms with Crippen LogP contribution in [0.4, 0.5) is 0 Å². The molecule has 0 spiro atoms. The van der Waals surface area contributed by atoms with Gasteiger partial charge in [-0.05, 0) is 11.6 Å². The highest BCUT2D eigenvalue weighted by atomic mass is 16.7. The van der Waals surface area contributed by atoms with Crippen molar-refractivity contribution in [3.8, 4) is 6.07 Å². The van der Waals surface area contributed by atoms with Crippen molar-refractivity contribution in [3.05, 3.63) is 23.8 Å². The topological polar surface area (TPSA) is 174 Å². The van der Waals surface area contributed by atoms with Crippen molar-refractivity contribution in [1.82, 2.24) is 0 Å². The fourth-order valence-electron chi connectivity index (χ4n) is 3.86. The maximum absolute atomic E-state index is 12.0. The summed E-state index contributed by atoms with van der Waals surface area (Å²) in [6.45, 7) is 5.30. The fraction of sp³-hybridized carbons (Fsp3) is 0.583. The van der Waals surface area contributed by atoms with Crippen molar-refractivity contribution in [2.45, 2.75) is 84.0 Å². The summed E-state index contributed by atoms with van der Waals surface area (Å²) in [4.78, 5) is 58.7. The number of esters is 5. The molecule has 1 heterocycles. The molecule has 202 valence electrons. The molecule has 0 radical (unpaired) electrons. The fourth-order valence-corrected chi connectivity index (χ4v) is 3.86. The summed E-state index contributed by atoms with van der Waals surface area (Å²) in [6.07, 6.45) is -3.98. The molecule has 13 nitrogen and oxygen atoms in total. The molecule has 1 aliphatic carbocycles. The van der Waals surface area contributed by atoms with Gasteiger partial charge in [-0.1, -0.05) is 6.08 Å². The minimum absolute atomic E-state index is 0.0798. The Morgan fingerprint density at radius 3 is 2.00 bits per heavy atom. The van der Waals surface area contributed by atoms with Crippen LogP contribution in [0.25, 0.3) is 0 Å². The van der Waals surface area contributed by atoms with E-state index in [9.17, 15) is 29.2 Å². The Morgan fingerprint density at radius 2 is 1.46 bits per heavy atom. The average molecular weight is 523 g/mol. The summed E-state index contributed by atoms with van der Waals surface area (Å²) in [5.41, 5.74) is 0.402. The smallest absolute Gasteiger partial charge is 0.303 e. The van der Waals surface area contributed by atoms with Crippen molar-refractivity contribution in [2.24, 2.45) is 0 Å². The van der Waals surface area contributed by atoms with E-state index < -0.39 is 79.4 Å². The highest BCUT2D eigenvalue weighted by Gasteiger charge is 2.53. The second-order valence-corrected chi connectivity index (χ2v) is 8.21. The van der Waals surface area contributed by atoms with Gasteiger partial charge in [-0.15, -0.1) is 0 Å². The Labute approximate surface area is 213 Å². The van der Waals surface area contributed by atoms with E-state index in [2.05, 4.69) is 0 Å². The summed E-state index contributed by atoms with van der Waals surface area (Å²) in [5, 5.41) is 9.19. The van der Waals surface area contributed by atoms with Gasteiger partial charge in [-0.2, -0.15) is 5.26 Å². The average Bonchev–Trinajstić information content (AvgIpc) is 2.77. The van der Waals surface area contributed by atoms with E-state index in [1.54, 1.807) is 6.08 Å². The lowest BCUT2D eigenvalue weighted by atomic mass is 9.95. The highest BCUT2D eigenvalue weighted by molar-refractivity contribution is 5.69. The van der Waals surface area contributed by atoms with Gasteiger partial charge < -0.3 is 33.2 Å². The van der Waals surface area contributed by atoms with Gasteiger partial charge in [-0.3, -0.25) is 24.0 Å². The molecule has 1 saturated heterocycles. The maximum Gasteiger partial charge on any atom is 0.303 e. The second-order valence-electron chi connectivity index (χ2n) is 8.21. The first-order valence-electron chi connectivity index (χ1n) is 11.3. The summed E-state index contributed by atoms with van der Waals surface area (Å²) < 4.78 is 38.4. The molecule has 2 aliphatic rings. The Balaban J connectivity index is 2.48. The van der Waals surface area contributed by atoms with Crippen LogP contribution in [0, 0.1) is 11.3 Å². The van der Waals surface area contributed by atoms with Crippen molar-refractivity contribution in [3.63, 3.8) is 0 Å². The summed E-state index contributed by atoms with van der Waals surface area (Å²) >= 11 is 0. The highest BCUT2D eigenvalue weighted by Crippen LogP contribution is 2.33. The number of nitriles is 1. The van der Waals surface area contributed by atoms with Crippen LogP contribution in [0.2, 0.25) is 0 Å². The number of carbonyl (C=O) groups is 5. The molecule has 13 heteroatoms. The van der Waals surface area contributed by atoms with E-state index in [0.29, 0.717) is 5.57 Å². The minimum atomic E-state index is -1.45. The molecule has 7 atom stereocenters. The monoisotopic (exact) mass is 523 g/mol. The molecule has 37 heavy (non-hydrogen) atoms. The number of nitrogens with zero attached hydrogens (tertiary/aromatic N) is 1. The minimum Gasteiger partial charge on any atom is -0.463 e. The van der Waals surface area contributed by atoms with Gasteiger partial charge in [0.2, 0.25) is 0 Å². The molecule has 0 aromatic rings. The van der Waals surface area contributed by atoms with Gasteiger partial charge in [0.25, 0.3) is 0 Å². The largest absolute Gasteiger partial charge is 0.463 e. The first-order valence-corrected chi connectivity index (χ1v) is 11.3. The van der Waals surface area contributed by atoms with Gasteiger partial charge in [0, 0.05) is 47.1 Å². The molecule has 0 N–H and O–H groups in total. The lowest BCUT2D eigenvalue weighted by Gasteiger charge is -2.45. The molecule has 1 fully saturated rings. The number of hydrogen-bond acceptors (Lipinski definition) is 13. The zero-order valence-corrected chi connectivity index (χ0v) is 21.0. The Kier molecular flexibility index (Phi) is 10.8. The first kappa shape index (κ1) is 29.5. The van der Waals surface area contributed by atoms with Crippen LogP contribution in [0.5, 0.6) is 0 Å². The SMILES string of the molecule is CC(=O)OC[C@H]1O[C@@H](OC2CC(OC(C)=O)C=C/C2=C/C#N)[C@H](OC(C)=O)[C@@H](OC(C)=O)[C@@H]1OC(C)=O. The summed E-state index contributed by atoms with van der Waals surface area (Å²) in [5.74, 6) is -3.52. The predicted octanol–water partition coefficient (Wildman–Crippen LogP) is 0.796. The van der Waals surface area contributed by atoms with Gasteiger partial charge in [0.05, 0.1) is 12.2 Å². The predicted molar refractivity (Wildman–Crippen MR) is 120 cm³/mol. The number of rotatable bonds is 8. The third kappa shape index (κ3) is 9.00. The molecule has 2 rings (SSSR count). The Hall–Kier alpha value is -3.76. The molecule has 0 amide bonds. The van der Waals surface area contributed by atoms with Crippen molar-refractivity contribution < 1.29 is 57.1 Å². The second kappa shape index (κ2) is 13.5. The van der Waals surface area contributed by atoms with E-state index in [-0.39, 0.29) is 6.42 Å². The summed E-state index contributed by atoms with van der Waals surface area (Å²) in [6, 6.07) is 1.90. The molecular formula is C24H29NO12. The normalized spacial score (nSPS) is 29.9. The molecule has 0 bridgehead atoms. The Bertz CT molecular complexity index is 996. The van der Waals surface area contributed by atoms with E-state index in [0.717, 1.165) is 27.7 Å². The van der Waals surface area contributed by atoms with Gasteiger partial charge in [0.15, 0.2) is 24.6 Å². The van der Waals surface area contributed by atoms with Crippen LogP contribution in [0.1, 0.15) is 41.0 Å². The van der Waals surface area contributed by atoms with E-state index in [4.69, 9.17) is 33.2 Å². The third-order valence-corrected chi connectivity index (χ3v) is 5.12. The molecule has 0 aromatic heterocycles. The lowest BCUT2D eigenvalue weighted by molar-refractivity contribution is -0.315. The van der Waals surface area contributed by atoms with Gasteiger partial charge in [0.1, 0.15) is 18.8 Å². The van der Waals surface area contributed by atoms with E-state index >= 15 is 0 Å². The molecule has 0 saturated carbocycles. The number of allylic oxidation sites excluding steroid dienone is 1. The van der Waals surface area contributed by atoms with E-state index in [1.165, 1.54) is 19.1 Å². The van der Waals surface area contributed by atoms with Crippen molar-refractivity contribution >= 4 is 29.8 Å². The van der Waals surface area contributed by atoms with Crippen LogP contribution in [-0.2, 0) is 57.1 Å². The molecular weight excluding hydrogens is 494 g/mol. The van der Waals surface area contributed by atoms with Crippen LogP contribution in [-0.4, -0.2) is 79.4 Å². The Morgan fingerprint density at radius 1 is 0.892 bits per heavy atom. The number of hydrogen-bond donors (Lipinski definition) is 0. The number of ether oxygens (including phenoxy) is 7. The quantitative estimate of drug-likeness (QED) is 0.248. The third-order valence-electron chi connectivity index (χ3n) is 5.12. The lowest BCUT2D eigenvalue weighted by Crippen LogP contribution is -2.63. The summed E-state index contributed by atoms with van der Waals surface area (Å²) in [7, 11) is 0. The number of carbonyl (C=O) groups excluding carboxylic acids is 5. The molecule has 1 aliphatic heterocycles. The molecule has 0 aromatic carbocycles. The van der Waals surface area contributed by atoms with E-state index in [1.807, 2.05) is 6.07 Å². The van der Waals surface area contributed by atoms with Crippen LogP contribution in [0.3, 0.4) is 0 Å². The van der Waals surface area contributed by atoms with Gasteiger partial charge >= 0.3 is 29.8 Å².